The lowest BCUT2D eigenvalue weighted by molar-refractivity contribution is 0.183. The number of amides is 1. The Kier molecular flexibility index (Phi) is 2.42. The Bertz CT molecular complexity index is 333. The number of nitrogens with one attached hydrogen (secondary N) is 1. The Morgan fingerprint density at radius 2 is 2.50 bits per heavy atom. The van der Waals surface area contributed by atoms with Crippen molar-refractivity contribution in [3.05, 3.63) is 28.9 Å². The summed E-state index contributed by atoms with van der Waals surface area (Å²) in [6.45, 7) is 0. The first-order chi connectivity index (χ1) is 5.74. The number of carbonyl (C=O) groups is 1. The summed E-state index contributed by atoms with van der Waals surface area (Å²) in [4.78, 5) is 25.1. The highest BCUT2D eigenvalue weighted by molar-refractivity contribution is 5.75. The first-order valence-corrected chi connectivity index (χ1v) is 3.11. The molecule has 0 aliphatic heterocycles. The van der Waals surface area contributed by atoms with Gasteiger partial charge in [-0.1, -0.05) is 0 Å². The van der Waals surface area contributed by atoms with Crippen molar-refractivity contribution in [3.63, 3.8) is 0 Å². The van der Waals surface area contributed by atoms with Gasteiger partial charge >= 0.3 is 6.09 Å². The van der Waals surface area contributed by atoms with Crippen LogP contribution in [0.5, 0.6) is 0 Å². The number of aromatic nitrogens is 2. The lowest BCUT2D eigenvalue weighted by Gasteiger charge is -2.03. The number of nitrogens with zero attached hydrogens (tertiary/aromatic N) is 2. The molecule has 0 bridgehead atoms. The van der Waals surface area contributed by atoms with Crippen molar-refractivity contribution in [1.29, 1.82) is 0 Å². The standard InChI is InChI=1S/C6H7N3O3/c1-12-6(11)8-9-3-2-7-4-5(9)10/h2-4H,1H3,(H,8,11). The second-order valence-corrected chi connectivity index (χ2v) is 1.89. The van der Waals surface area contributed by atoms with Crippen LogP contribution in [-0.4, -0.2) is 22.9 Å². The van der Waals surface area contributed by atoms with Gasteiger partial charge in [0.1, 0.15) is 0 Å². The maximum atomic E-state index is 10.9. The van der Waals surface area contributed by atoms with Crippen LogP contribution in [0.25, 0.3) is 0 Å². The average Bonchev–Trinajstić information content (AvgIpc) is 2.09. The van der Waals surface area contributed by atoms with E-state index in [1.165, 1.54) is 19.5 Å². The van der Waals surface area contributed by atoms with Gasteiger partial charge in [-0.25, -0.2) is 14.9 Å². The van der Waals surface area contributed by atoms with Crippen molar-refractivity contribution in [3.8, 4) is 0 Å². The van der Waals surface area contributed by atoms with Gasteiger partial charge in [0.25, 0.3) is 5.56 Å². The summed E-state index contributed by atoms with van der Waals surface area (Å²) in [6.07, 6.45) is 3.07. The average molecular weight is 169 g/mol. The van der Waals surface area contributed by atoms with Gasteiger partial charge in [0.2, 0.25) is 0 Å². The molecule has 1 N–H and O–H groups in total. The second-order valence-electron chi connectivity index (χ2n) is 1.89. The molecule has 6 nitrogen and oxygen atoms in total. The molecule has 6 heteroatoms. The number of methoxy groups -OCH3 is 1. The minimum absolute atomic E-state index is 0.428. The summed E-state index contributed by atoms with van der Waals surface area (Å²) >= 11 is 0. The van der Waals surface area contributed by atoms with E-state index in [0.717, 1.165) is 10.9 Å². The van der Waals surface area contributed by atoms with Gasteiger partial charge in [-0.2, -0.15) is 0 Å². The number of hydrogen-bond donors (Lipinski definition) is 1. The molecule has 1 amide bonds. The summed E-state index contributed by atoms with van der Waals surface area (Å²) in [5, 5.41) is 0. The smallest absolute Gasteiger partial charge is 0.426 e. The number of rotatable bonds is 1. The van der Waals surface area contributed by atoms with Crippen LogP contribution in [0.15, 0.2) is 23.4 Å². The van der Waals surface area contributed by atoms with Crippen LogP contribution in [0.3, 0.4) is 0 Å². The molecule has 0 fully saturated rings. The Hall–Kier alpha value is -1.85. The molecule has 64 valence electrons. The van der Waals surface area contributed by atoms with Gasteiger partial charge in [0, 0.05) is 12.4 Å². The quantitative estimate of drug-likeness (QED) is 0.618. The van der Waals surface area contributed by atoms with Crippen LogP contribution in [0, 0.1) is 0 Å². The minimum Gasteiger partial charge on any atom is -0.452 e. The Labute approximate surface area is 67.8 Å². The zero-order valence-electron chi connectivity index (χ0n) is 6.35. The van der Waals surface area contributed by atoms with Crippen LogP contribution in [-0.2, 0) is 4.74 Å². The lowest BCUT2D eigenvalue weighted by atomic mass is 10.7. The molecule has 0 unspecified atom stereocenters. The van der Waals surface area contributed by atoms with Crippen molar-refractivity contribution >= 4 is 6.09 Å². The number of carbonyl (C=O) groups excluding carboxylic acids is 1. The highest BCUT2D eigenvalue weighted by Gasteiger charge is 1.99. The zero-order chi connectivity index (χ0) is 8.97. The minimum atomic E-state index is -0.705. The third kappa shape index (κ3) is 1.82. The molecule has 0 aliphatic rings. The molecule has 1 rings (SSSR count). The molecular weight excluding hydrogens is 162 g/mol. The topological polar surface area (TPSA) is 73.2 Å². The van der Waals surface area contributed by atoms with E-state index in [0.29, 0.717) is 0 Å². The Morgan fingerprint density at radius 1 is 1.75 bits per heavy atom. The van der Waals surface area contributed by atoms with Crippen LogP contribution in [0.4, 0.5) is 4.79 Å². The van der Waals surface area contributed by atoms with Gasteiger partial charge in [-0.3, -0.25) is 9.78 Å². The van der Waals surface area contributed by atoms with Crippen LogP contribution in [0.2, 0.25) is 0 Å². The fourth-order valence-corrected chi connectivity index (χ4v) is 0.584. The molecule has 0 atom stereocenters. The van der Waals surface area contributed by atoms with Gasteiger partial charge in [-0.05, 0) is 0 Å². The fraction of sp³-hybridized carbons (Fsp3) is 0.167. The summed E-state index contributed by atoms with van der Waals surface area (Å²) < 4.78 is 5.25. The summed E-state index contributed by atoms with van der Waals surface area (Å²) in [6, 6.07) is 0. The summed E-state index contributed by atoms with van der Waals surface area (Å²) in [5.74, 6) is 0. The van der Waals surface area contributed by atoms with E-state index in [2.05, 4.69) is 15.1 Å². The highest BCUT2D eigenvalue weighted by Crippen LogP contribution is 1.76. The van der Waals surface area contributed by atoms with Crippen molar-refractivity contribution in [2.45, 2.75) is 0 Å². The third-order valence-electron chi connectivity index (χ3n) is 1.12. The summed E-state index contributed by atoms with van der Waals surface area (Å²) in [7, 11) is 1.21. The monoisotopic (exact) mass is 169 g/mol. The molecule has 0 aliphatic carbocycles. The van der Waals surface area contributed by atoms with Crippen molar-refractivity contribution in [2.75, 3.05) is 12.5 Å². The SMILES string of the molecule is COC(=O)Nn1ccncc1=O. The maximum Gasteiger partial charge on any atom is 0.426 e. The molecule has 1 aromatic rings. The molecule has 0 saturated carbocycles. The Morgan fingerprint density at radius 3 is 3.08 bits per heavy atom. The van der Waals surface area contributed by atoms with E-state index in [1.807, 2.05) is 0 Å². The normalized spacial score (nSPS) is 9.08. The molecule has 0 spiro atoms. The van der Waals surface area contributed by atoms with Crippen LogP contribution < -0.4 is 11.0 Å². The van der Waals surface area contributed by atoms with Gasteiger partial charge in [-0.15, -0.1) is 0 Å². The molecule has 12 heavy (non-hydrogen) atoms. The van der Waals surface area contributed by atoms with E-state index < -0.39 is 11.7 Å². The van der Waals surface area contributed by atoms with Gasteiger partial charge in [0.05, 0.1) is 13.3 Å². The van der Waals surface area contributed by atoms with Crippen molar-refractivity contribution in [1.82, 2.24) is 9.66 Å². The first-order valence-electron chi connectivity index (χ1n) is 3.11. The van der Waals surface area contributed by atoms with Crippen LogP contribution >= 0.6 is 0 Å². The highest BCUT2D eigenvalue weighted by atomic mass is 16.5. The van der Waals surface area contributed by atoms with Crippen molar-refractivity contribution < 1.29 is 9.53 Å². The predicted molar refractivity (Wildman–Crippen MR) is 40.3 cm³/mol. The largest absolute Gasteiger partial charge is 0.452 e. The number of ether oxygens (including phenoxy) is 1. The summed E-state index contributed by atoms with van der Waals surface area (Å²) in [5.41, 5.74) is 1.74. The molecule has 0 aromatic carbocycles. The van der Waals surface area contributed by atoms with E-state index >= 15 is 0 Å². The van der Waals surface area contributed by atoms with E-state index in [1.54, 1.807) is 0 Å². The van der Waals surface area contributed by atoms with E-state index in [-0.39, 0.29) is 0 Å². The molecular formula is C6H7N3O3. The fourth-order valence-electron chi connectivity index (χ4n) is 0.584. The van der Waals surface area contributed by atoms with Gasteiger partial charge < -0.3 is 4.74 Å². The zero-order valence-corrected chi connectivity index (χ0v) is 6.35. The predicted octanol–water partition coefficient (Wildman–Crippen LogP) is -0.447. The van der Waals surface area contributed by atoms with Crippen LogP contribution in [0.1, 0.15) is 0 Å². The second kappa shape index (κ2) is 3.51. The lowest BCUT2D eigenvalue weighted by Crippen LogP contribution is -2.32. The van der Waals surface area contributed by atoms with E-state index in [9.17, 15) is 9.59 Å². The molecule has 0 saturated heterocycles. The molecule has 1 aromatic heterocycles. The van der Waals surface area contributed by atoms with Gasteiger partial charge in [0.15, 0.2) is 0 Å². The maximum absolute atomic E-state index is 10.9. The third-order valence-corrected chi connectivity index (χ3v) is 1.12. The van der Waals surface area contributed by atoms with E-state index in [4.69, 9.17) is 0 Å². The first kappa shape index (κ1) is 8.25. The Balaban J connectivity index is 2.83. The molecule has 1 heterocycles. The molecule has 0 radical (unpaired) electrons. The van der Waals surface area contributed by atoms with Crippen molar-refractivity contribution in [2.24, 2.45) is 0 Å². The number of hydrogen-bond acceptors (Lipinski definition) is 4.